The normalized spacial score (nSPS) is 15.7. The van der Waals surface area contributed by atoms with Crippen molar-refractivity contribution in [1.29, 1.82) is 0 Å². The van der Waals surface area contributed by atoms with Crippen LogP contribution >= 0.6 is 0 Å². The van der Waals surface area contributed by atoms with Crippen molar-refractivity contribution in [2.75, 3.05) is 0 Å². The summed E-state index contributed by atoms with van der Waals surface area (Å²) in [5.74, 6) is -0.300. The summed E-state index contributed by atoms with van der Waals surface area (Å²) in [6.07, 6.45) is 1.15. The van der Waals surface area contributed by atoms with E-state index in [0.29, 0.717) is 5.56 Å². The molecule has 1 aromatic carbocycles. The summed E-state index contributed by atoms with van der Waals surface area (Å²) in [6, 6.07) is 5.85. The molecule has 0 amide bonds. The Morgan fingerprint density at radius 2 is 1.86 bits per heavy atom. The summed E-state index contributed by atoms with van der Waals surface area (Å²) in [4.78, 5) is 0. The van der Waals surface area contributed by atoms with Crippen LogP contribution < -0.4 is 5.32 Å². The van der Waals surface area contributed by atoms with E-state index in [2.05, 4.69) is 10.4 Å². The van der Waals surface area contributed by atoms with Crippen LogP contribution in [0.25, 0.3) is 0 Å². The highest BCUT2D eigenvalue weighted by Gasteiger charge is 2.20. The topological polar surface area (TPSA) is 50.1 Å². The number of benzene rings is 1. The average Bonchev–Trinajstić information content (AvgIpc) is 2.79. The van der Waals surface area contributed by atoms with Gasteiger partial charge in [0.15, 0.2) is 0 Å². The Morgan fingerprint density at radius 1 is 1.24 bits per heavy atom. The van der Waals surface area contributed by atoms with Crippen LogP contribution in [0.1, 0.15) is 42.8 Å². The second-order valence-electron chi connectivity index (χ2n) is 5.48. The van der Waals surface area contributed by atoms with E-state index in [-0.39, 0.29) is 17.9 Å². The van der Waals surface area contributed by atoms with Gasteiger partial charge in [-0.15, -0.1) is 0 Å². The zero-order valence-electron chi connectivity index (χ0n) is 12.8. The molecule has 0 bridgehead atoms. The predicted octanol–water partition coefficient (Wildman–Crippen LogP) is 2.64. The van der Waals surface area contributed by atoms with E-state index >= 15 is 0 Å². The third-order valence-corrected chi connectivity index (χ3v) is 3.94. The van der Waals surface area contributed by atoms with Gasteiger partial charge in [0.2, 0.25) is 0 Å². The maximum Gasteiger partial charge on any atom is 0.123 e. The number of halogens is 1. The van der Waals surface area contributed by atoms with Gasteiger partial charge in [0.25, 0.3) is 0 Å². The maximum atomic E-state index is 12.9. The molecule has 114 valence electrons. The highest BCUT2D eigenvalue weighted by atomic mass is 19.1. The van der Waals surface area contributed by atoms with Crippen LogP contribution in [0.5, 0.6) is 0 Å². The molecule has 0 radical (unpaired) electrons. The Morgan fingerprint density at radius 3 is 2.38 bits per heavy atom. The van der Waals surface area contributed by atoms with E-state index in [1.807, 2.05) is 38.7 Å². The molecule has 21 heavy (non-hydrogen) atoms. The quantitative estimate of drug-likeness (QED) is 0.890. The van der Waals surface area contributed by atoms with Crippen molar-refractivity contribution in [3.05, 3.63) is 53.1 Å². The zero-order chi connectivity index (χ0) is 15.6. The lowest BCUT2D eigenvalue weighted by molar-refractivity contribution is 0.130. The molecule has 5 heteroatoms. The zero-order valence-corrected chi connectivity index (χ0v) is 12.8. The van der Waals surface area contributed by atoms with Crippen LogP contribution in [0.4, 0.5) is 4.39 Å². The van der Waals surface area contributed by atoms with Gasteiger partial charge in [-0.05, 0) is 38.5 Å². The molecule has 4 nitrogen and oxygen atoms in total. The van der Waals surface area contributed by atoms with Crippen molar-refractivity contribution < 1.29 is 9.50 Å². The third-order valence-electron chi connectivity index (χ3n) is 3.94. The Labute approximate surface area is 124 Å². The molecule has 0 aliphatic rings. The summed E-state index contributed by atoms with van der Waals surface area (Å²) in [5, 5.41) is 17.9. The average molecular weight is 291 g/mol. The minimum absolute atomic E-state index is 0.0730. The summed E-state index contributed by atoms with van der Waals surface area (Å²) in [5.41, 5.74) is 2.90. The van der Waals surface area contributed by atoms with Gasteiger partial charge in [-0.2, -0.15) is 5.10 Å². The van der Waals surface area contributed by atoms with Crippen LogP contribution in [0.15, 0.2) is 30.5 Å². The van der Waals surface area contributed by atoms with E-state index in [4.69, 9.17) is 0 Å². The van der Waals surface area contributed by atoms with Crippen molar-refractivity contribution >= 4 is 0 Å². The Balaban J connectivity index is 2.05. The number of aliphatic hydroxyl groups excluding tert-OH is 1. The number of aliphatic hydroxyl groups is 1. The summed E-state index contributed by atoms with van der Waals surface area (Å²) >= 11 is 0. The predicted molar refractivity (Wildman–Crippen MR) is 80.3 cm³/mol. The fourth-order valence-electron chi connectivity index (χ4n) is 2.46. The van der Waals surface area contributed by atoms with Crippen LogP contribution in [0.3, 0.4) is 0 Å². The molecule has 0 saturated carbocycles. The number of nitrogens with one attached hydrogen (secondary N) is 1. The molecule has 3 unspecified atom stereocenters. The Bertz CT molecular complexity index is 594. The molecule has 2 N–H and O–H groups in total. The minimum Gasteiger partial charge on any atom is -0.387 e. The number of hydrogen-bond donors (Lipinski definition) is 2. The smallest absolute Gasteiger partial charge is 0.123 e. The Hall–Kier alpha value is -1.72. The number of aryl methyl sites for hydroxylation is 1. The molecule has 0 aliphatic heterocycles. The van der Waals surface area contributed by atoms with E-state index in [9.17, 15) is 9.50 Å². The van der Waals surface area contributed by atoms with E-state index in [1.165, 1.54) is 12.1 Å². The van der Waals surface area contributed by atoms with Crippen LogP contribution in [0.2, 0.25) is 0 Å². The first-order valence-electron chi connectivity index (χ1n) is 7.08. The summed E-state index contributed by atoms with van der Waals surface area (Å²) < 4.78 is 14.8. The Kier molecular flexibility index (Phi) is 4.75. The fraction of sp³-hybridized carbons (Fsp3) is 0.438. The van der Waals surface area contributed by atoms with Gasteiger partial charge in [0.05, 0.1) is 12.3 Å². The maximum absolute atomic E-state index is 12.9. The number of hydrogen-bond acceptors (Lipinski definition) is 3. The van der Waals surface area contributed by atoms with Gasteiger partial charge in [-0.25, -0.2) is 4.39 Å². The number of nitrogens with zero attached hydrogens (tertiary/aromatic N) is 2. The molecule has 2 aromatic rings. The first-order valence-corrected chi connectivity index (χ1v) is 7.08. The first-order chi connectivity index (χ1) is 9.90. The molecular weight excluding hydrogens is 269 g/mol. The van der Waals surface area contributed by atoms with Gasteiger partial charge in [0.1, 0.15) is 5.82 Å². The molecule has 0 saturated heterocycles. The van der Waals surface area contributed by atoms with E-state index < -0.39 is 6.10 Å². The van der Waals surface area contributed by atoms with Gasteiger partial charge >= 0.3 is 0 Å². The molecular formula is C16H22FN3O. The summed E-state index contributed by atoms with van der Waals surface area (Å²) in [7, 11) is 1.91. The van der Waals surface area contributed by atoms with Gasteiger partial charge < -0.3 is 10.4 Å². The van der Waals surface area contributed by atoms with Crippen LogP contribution in [0, 0.1) is 12.7 Å². The molecule has 2 rings (SSSR count). The lowest BCUT2D eigenvalue weighted by Crippen LogP contribution is -2.34. The molecule has 0 aliphatic carbocycles. The van der Waals surface area contributed by atoms with Crippen molar-refractivity contribution in [2.45, 2.75) is 39.0 Å². The SMILES string of the molecule is Cc1c(C(C)NC(C)C(O)c2ccc(F)cc2)cnn1C. The van der Waals surface area contributed by atoms with Gasteiger partial charge in [-0.3, -0.25) is 4.68 Å². The van der Waals surface area contributed by atoms with Crippen molar-refractivity contribution in [3.8, 4) is 0 Å². The van der Waals surface area contributed by atoms with E-state index in [1.54, 1.807) is 12.1 Å². The van der Waals surface area contributed by atoms with Crippen molar-refractivity contribution in [3.63, 3.8) is 0 Å². The van der Waals surface area contributed by atoms with Gasteiger partial charge in [-0.1, -0.05) is 12.1 Å². The second kappa shape index (κ2) is 6.37. The number of rotatable bonds is 5. The van der Waals surface area contributed by atoms with Crippen molar-refractivity contribution in [2.24, 2.45) is 7.05 Å². The largest absolute Gasteiger partial charge is 0.387 e. The fourth-order valence-corrected chi connectivity index (χ4v) is 2.46. The highest BCUT2D eigenvalue weighted by Crippen LogP contribution is 2.22. The van der Waals surface area contributed by atoms with Crippen LogP contribution in [-0.4, -0.2) is 20.9 Å². The highest BCUT2D eigenvalue weighted by molar-refractivity contribution is 5.22. The van der Waals surface area contributed by atoms with Gasteiger partial charge in [0, 0.05) is 30.4 Å². The lowest BCUT2D eigenvalue weighted by atomic mass is 10.0. The third kappa shape index (κ3) is 3.49. The standard InChI is InChI=1S/C16H22FN3O/c1-10(15-9-18-20(4)12(15)3)19-11(2)16(21)13-5-7-14(17)8-6-13/h5-11,16,19,21H,1-4H3. The van der Waals surface area contributed by atoms with Crippen molar-refractivity contribution in [1.82, 2.24) is 15.1 Å². The molecule has 1 heterocycles. The molecule has 0 fully saturated rings. The summed E-state index contributed by atoms with van der Waals surface area (Å²) in [6.45, 7) is 5.97. The second-order valence-corrected chi connectivity index (χ2v) is 5.48. The molecule has 1 aromatic heterocycles. The monoisotopic (exact) mass is 291 g/mol. The molecule has 3 atom stereocenters. The first kappa shape index (κ1) is 15.7. The van der Waals surface area contributed by atoms with E-state index in [0.717, 1.165) is 11.3 Å². The number of aromatic nitrogens is 2. The minimum atomic E-state index is -0.690. The molecule has 0 spiro atoms. The van der Waals surface area contributed by atoms with Crippen LogP contribution in [-0.2, 0) is 7.05 Å². The lowest BCUT2D eigenvalue weighted by Gasteiger charge is -2.24.